The van der Waals surface area contributed by atoms with Gasteiger partial charge in [-0.1, -0.05) is 24.3 Å². The van der Waals surface area contributed by atoms with Gasteiger partial charge in [-0.3, -0.25) is 9.89 Å². The van der Waals surface area contributed by atoms with Gasteiger partial charge in [0.15, 0.2) is 0 Å². The van der Waals surface area contributed by atoms with Gasteiger partial charge in [0, 0.05) is 11.1 Å². The van der Waals surface area contributed by atoms with Crippen LogP contribution in [0.1, 0.15) is 27.2 Å². The van der Waals surface area contributed by atoms with E-state index in [1.807, 2.05) is 49.4 Å². The summed E-state index contributed by atoms with van der Waals surface area (Å²) < 4.78 is 5.24. The number of hydrogen-bond donors (Lipinski definition) is 2. The normalized spacial score (nSPS) is 10.9. The molecule has 3 aromatic rings. The smallest absolute Gasteiger partial charge is 0.289 e. The van der Waals surface area contributed by atoms with Crippen LogP contribution in [0.2, 0.25) is 0 Å². The molecule has 0 bridgehead atoms. The van der Waals surface area contributed by atoms with Gasteiger partial charge in [-0.25, -0.2) is 5.43 Å². The molecule has 0 saturated heterocycles. The number of nitrogens with one attached hydrogen (secondary N) is 2. The number of para-hydroxylation sites is 1. The minimum Gasteiger partial charge on any atom is -0.496 e. The number of hydrogen-bond acceptors (Lipinski definition) is 4. The lowest BCUT2D eigenvalue weighted by Crippen LogP contribution is -2.18. The molecule has 0 fully saturated rings. The largest absolute Gasteiger partial charge is 0.496 e. The number of nitrogens with zero attached hydrogens (tertiary/aromatic N) is 2. The maximum atomic E-state index is 12.2. The highest BCUT2D eigenvalue weighted by Crippen LogP contribution is 2.21. The van der Waals surface area contributed by atoms with E-state index in [1.54, 1.807) is 13.2 Å². The van der Waals surface area contributed by atoms with Crippen LogP contribution in [-0.4, -0.2) is 29.4 Å². The van der Waals surface area contributed by atoms with E-state index >= 15 is 0 Å². The molecule has 1 aromatic heterocycles. The maximum absolute atomic E-state index is 12.2. The number of carbonyl (C=O) groups excluding carboxylic acids is 1. The zero-order valence-electron chi connectivity index (χ0n) is 14.9. The van der Waals surface area contributed by atoms with Crippen molar-refractivity contribution in [3.8, 4) is 17.0 Å². The molecule has 1 heterocycles. The van der Waals surface area contributed by atoms with Gasteiger partial charge in [0.05, 0.1) is 19.0 Å². The molecule has 1 amide bonds. The summed E-state index contributed by atoms with van der Waals surface area (Å²) in [7, 11) is 1.59. The summed E-state index contributed by atoms with van der Waals surface area (Å²) in [6.45, 7) is 4.11. The lowest BCUT2D eigenvalue weighted by atomic mass is 10.0. The summed E-state index contributed by atoms with van der Waals surface area (Å²) >= 11 is 0. The number of H-pyrrole nitrogens is 1. The third-order valence-electron chi connectivity index (χ3n) is 4.13. The first kappa shape index (κ1) is 17.4. The van der Waals surface area contributed by atoms with Crippen LogP contribution in [0.25, 0.3) is 11.3 Å². The van der Waals surface area contributed by atoms with Crippen molar-refractivity contribution in [3.05, 3.63) is 70.9 Å². The molecule has 6 nitrogen and oxygen atoms in total. The Morgan fingerprint density at radius 1 is 1.15 bits per heavy atom. The Bertz CT molecular complexity index is 960. The molecule has 2 N–H and O–H groups in total. The van der Waals surface area contributed by atoms with E-state index in [0.29, 0.717) is 17.1 Å². The zero-order valence-corrected chi connectivity index (χ0v) is 14.9. The van der Waals surface area contributed by atoms with Crippen molar-refractivity contribution >= 4 is 12.1 Å². The molecule has 0 aliphatic rings. The predicted octanol–water partition coefficient (Wildman–Crippen LogP) is 3.47. The number of hydrazone groups is 1. The Balaban J connectivity index is 1.70. The molecule has 2 aromatic carbocycles. The van der Waals surface area contributed by atoms with Crippen LogP contribution in [0.15, 0.2) is 53.6 Å². The Labute approximate surface area is 151 Å². The van der Waals surface area contributed by atoms with Crippen LogP contribution in [0.5, 0.6) is 5.75 Å². The van der Waals surface area contributed by atoms with Gasteiger partial charge in [0.25, 0.3) is 5.91 Å². The molecule has 6 heteroatoms. The summed E-state index contributed by atoms with van der Waals surface area (Å²) in [5.74, 6) is 0.322. The average Bonchev–Trinajstić information content (AvgIpc) is 3.14. The van der Waals surface area contributed by atoms with Crippen LogP contribution < -0.4 is 10.2 Å². The molecule has 0 aliphatic carbocycles. The third kappa shape index (κ3) is 3.80. The van der Waals surface area contributed by atoms with Crippen LogP contribution in [0, 0.1) is 13.8 Å². The number of carbonyl (C=O) groups is 1. The fourth-order valence-corrected chi connectivity index (χ4v) is 2.48. The zero-order chi connectivity index (χ0) is 18.5. The van der Waals surface area contributed by atoms with E-state index in [2.05, 4.69) is 27.6 Å². The third-order valence-corrected chi connectivity index (χ3v) is 4.13. The van der Waals surface area contributed by atoms with Crippen molar-refractivity contribution in [1.82, 2.24) is 15.6 Å². The summed E-state index contributed by atoms with van der Waals surface area (Å²) in [4.78, 5) is 12.2. The molecule has 26 heavy (non-hydrogen) atoms. The van der Waals surface area contributed by atoms with Gasteiger partial charge in [0.2, 0.25) is 0 Å². The number of aryl methyl sites for hydroxylation is 2. The standard InChI is InChI=1S/C20H20N4O2/c1-13-8-9-15(10-14(13)2)17-11-18(23-22-17)20(25)24-21-12-16-6-4-5-7-19(16)26-3/h4-12H,1-3H3,(H,22,23)(H,24,25)/b21-12+. The van der Waals surface area contributed by atoms with Crippen LogP contribution >= 0.6 is 0 Å². The monoisotopic (exact) mass is 348 g/mol. The number of rotatable bonds is 5. The van der Waals surface area contributed by atoms with Crippen molar-refractivity contribution in [3.63, 3.8) is 0 Å². The number of ether oxygens (including phenoxy) is 1. The molecule has 132 valence electrons. The van der Waals surface area contributed by atoms with Gasteiger partial charge in [-0.05, 0) is 49.2 Å². The molecular formula is C20H20N4O2. The number of amides is 1. The predicted molar refractivity (Wildman–Crippen MR) is 102 cm³/mol. The van der Waals surface area contributed by atoms with Gasteiger partial charge in [-0.2, -0.15) is 10.2 Å². The summed E-state index contributed by atoms with van der Waals surface area (Å²) in [5, 5.41) is 10.9. The minimum atomic E-state index is -0.362. The number of methoxy groups -OCH3 is 1. The molecule has 3 rings (SSSR count). The Morgan fingerprint density at radius 3 is 2.73 bits per heavy atom. The van der Waals surface area contributed by atoms with E-state index < -0.39 is 0 Å². The molecule has 0 saturated carbocycles. The average molecular weight is 348 g/mol. The highest BCUT2D eigenvalue weighted by Gasteiger charge is 2.11. The van der Waals surface area contributed by atoms with Crippen molar-refractivity contribution in [2.45, 2.75) is 13.8 Å². The second-order valence-electron chi connectivity index (χ2n) is 5.91. The van der Waals surface area contributed by atoms with Gasteiger partial charge >= 0.3 is 0 Å². The number of benzene rings is 2. The van der Waals surface area contributed by atoms with Crippen molar-refractivity contribution in [2.75, 3.05) is 7.11 Å². The van der Waals surface area contributed by atoms with Gasteiger partial charge in [0.1, 0.15) is 11.4 Å². The van der Waals surface area contributed by atoms with E-state index in [4.69, 9.17) is 4.74 Å². The first-order valence-electron chi connectivity index (χ1n) is 8.18. The lowest BCUT2D eigenvalue weighted by Gasteiger charge is -2.02. The first-order valence-corrected chi connectivity index (χ1v) is 8.18. The Hall–Kier alpha value is -3.41. The quantitative estimate of drug-likeness (QED) is 0.547. The first-order chi connectivity index (χ1) is 12.6. The maximum Gasteiger partial charge on any atom is 0.289 e. The number of aromatic amines is 1. The van der Waals surface area contributed by atoms with Crippen LogP contribution in [0.3, 0.4) is 0 Å². The lowest BCUT2D eigenvalue weighted by molar-refractivity contribution is 0.0950. The Morgan fingerprint density at radius 2 is 1.96 bits per heavy atom. The fourth-order valence-electron chi connectivity index (χ4n) is 2.48. The summed E-state index contributed by atoms with van der Waals surface area (Å²) in [6, 6.07) is 15.2. The van der Waals surface area contributed by atoms with Gasteiger partial charge < -0.3 is 4.74 Å². The van der Waals surface area contributed by atoms with E-state index in [0.717, 1.165) is 11.1 Å². The Kier molecular flexibility index (Phi) is 5.12. The van der Waals surface area contributed by atoms with E-state index in [-0.39, 0.29) is 5.91 Å². The molecule has 0 unspecified atom stereocenters. The van der Waals surface area contributed by atoms with Crippen molar-refractivity contribution < 1.29 is 9.53 Å². The second kappa shape index (κ2) is 7.65. The van der Waals surface area contributed by atoms with E-state index in [9.17, 15) is 4.79 Å². The minimum absolute atomic E-state index is 0.343. The molecular weight excluding hydrogens is 328 g/mol. The molecule has 0 radical (unpaired) electrons. The SMILES string of the molecule is COc1ccccc1/C=N/NC(=O)c1cc(-c2ccc(C)c(C)c2)n[nH]1. The summed E-state index contributed by atoms with van der Waals surface area (Å²) in [6.07, 6.45) is 1.54. The van der Waals surface area contributed by atoms with E-state index in [1.165, 1.54) is 17.3 Å². The van der Waals surface area contributed by atoms with Gasteiger partial charge in [-0.15, -0.1) is 0 Å². The fraction of sp³-hybridized carbons (Fsp3) is 0.150. The molecule has 0 atom stereocenters. The number of aromatic nitrogens is 2. The topological polar surface area (TPSA) is 79.4 Å². The van der Waals surface area contributed by atoms with Crippen LogP contribution in [-0.2, 0) is 0 Å². The highest BCUT2D eigenvalue weighted by atomic mass is 16.5. The molecule has 0 aliphatic heterocycles. The van der Waals surface area contributed by atoms with Crippen molar-refractivity contribution in [2.24, 2.45) is 5.10 Å². The molecule has 0 spiro atoms. The second-order valence-corrected chi connectivity index (χ2v) is 5.91. The highest BCUT2D eigenvalue weighted by molar-refractivity contribution is 5.94. The summed E-state index contributed by atoms with van der Waals surface area (Å²) in [5.41, 5.74) is 7.67. The van der Waals surface area contributed by atoms with Crippen LogP contribution in [0.4, 0.5) is 0 Å². The van der Waals surface area contributed by atoms with Crippen molar-refractivity contribution in [1.29, 1.82) is 0 Å².